The van der Waals surface area contributed by atoms with Crippen molar-refractivity contribution < 1.29 is 122 Å². The van der Waals surface area contributed by atoms with E-state index in [-0.39, 0.29) is 74.8 Å². The number of hydrogen-bond acceptors (Lipinski definition) is 28. The first kappa shape index (κ1) is 94.6. The first-order valence-corrected chi connectivity index (χ1v) is 39.6. The Bertz CT molecular complexity index is 2980. The Morgan fingerprint density at radius 1 is 0.569 bits per heavy atom. The van der Waals surface area contributed by atoms with Crippen LogP contribution in [0.15, 0.2) is 30.3 Å². The van der Waals surface area contributed by atoms with Gasteiger partial charge >= 0.3 is 11.9 Å². The molecule has 632 valence electrons. The molecule has 35 atom stereocenters. The topological polar surface area (TPSA) is 386 Å². The standard InChI is InChI=1S/C43H72N2O13.C37H70N2O12/c1-13-32-43(9,52)36(47)27(5)44(10)23-24(2)21-41(7,51)33(20-31(26(4)39(50)57-32)56-34-22-42(8,53-12)37(48)28(6)55-34)58-40-35(46)30(19-25(3)54-40)45(11)38(49)29-17-15-14-16-18-29;1-14-26-37(10,45)30(41)23(6)39(12)18-19(2)16-35(8,44)32(51-34-28(40)25(38-11)15-20(3)47-34)21(4)29(22(5)33(43)49-26)50-27-17-36(9,46-13)31(42)24(7)48-27/h14-18,24-28,30-37,40,46-48,51-52H,13,19-23H2,1-12H3;19-32,34,38,40-42,44-45H,14-18H2,1-13H3/t24-,25-,26-,27-,28+,30+,31+,32-,33-,34+,35-,36-,37+,40+,41-,42-,43-;19-,20-,21+,22-,23-,24+,25+,26-,27+,28-,29+,30-,31+,32-,34+,35-,36-,37-/m11/s1. The molecule has 1 aromatic rings. The number of hydrogen-bond donors (Lipinski definition) is 11. The second-order valence-electron chi connectivity index (χ2n) is 34.5. The van der Waals surface area contributed by atoms with Gasteiger partial charge in [-0.25, -0.2) is 0 Å². The number of esters is 2. The summed E-state index contributed by atoms with van der Waals surface area (Å²) < 4.78 is 74.7. The summed E-state index contributed by atoms with van der Waals surface area (Å²) in [6.45, 7) is 33.8. The molecule has 1 aromatic carbocycles. The smallest absolute Gasteiger partial charge is 0.311 e. The van der Waals surface area contributed by atoms with Crippen molar-refractivity contribution in [1.82, 2.24) is 20.0 Å². The van der Waals surface area contributed by atoms with Crippen LogP contribution >= 0.6 is 0 Å². The number of carbonyl (C=O) groups is 3. The maximum Gasteiger partial charge on any atom is 0.311 e. The fraction of sp³-hybridized carbons (Fsp3) is 0.887. The molecule has 6 aliphatic heterocycles. The zero-order valence-corrected chi connectivity index (χ0v) is 69.8. The summed E-state index contributed by atoms with van der Waals surface area (Å²) in [7, 11) is 10.0. The summed E-state index contributed by atoms with van der Waals surface area (Å²) in [6.07, 6.45) is -17.9. The van der Waals surface area contributed by atoms with Crippen molar-refractivity contribution in [3.63, 3.8) is 0 Å². The highest BCUT2D eigenvalue weighted by atomic mass is 16.7. The van der Waals surface area contributed by atoms with Crippen molar-refractivity contribution in [3.05, 3.63) is 35.9 Å². The number of nitrogens with one attached hydrogen (secondary N) is 1. The van der Waals surface area contributed by atoms with Crippen molar-refractivity contribution in [1.29, 1.82) is 0 Å². The molecule has 0 aliphatic carbocycles. The average Bonchev–Trinajstić information content (AvgIpc) is 1.64. The number of aliphatic hydroxyl groups is 10. The van der Waals surface area contributed by atoms with Crippen LogP contribution in [0.25, 0.3) is 0 Å². The third kappa shape index (κ3) is 22.7. The molecule has 29 nitrogen and oxygen atoms in total. The predicted molar refractivity (Wildman–Crippen MR) is 404 cm³/mol. The normalized spacial score (nSPS) is 47.0. The van der Waals surface area contributed by atoms with E-state index in [0.29, 0.717) is 31.5 Å². The van der Waals surface area contributed by atoms with Crippen LogP contribution in [0.5, 0.6) is 0 Å². The van der Waals surface area contributed by atoms with Gasteiger partial charge in [0, 0.05) is 83.2 Å². The van der Waals surface area contributed by atoms with Gasteiger partial charge in [-0.1, -0.05) is 52.8 Å². The van der Waals surface area contributed by atoms with Gasteiger partial charge < -0.3 is 128 Å². The van der Waals surface area contributed by atoms with Gasteiger partial charge in [0.25, 0.3) is 5.91 Å². The Kier molecular flexibility index (Phi) is 33.9. The fourth-order valence-corrected chi connectivity index (χ4v) is 17.5. The molecule has 0 spiro atoms. The minimum atomic E-state index is -1.83. The molecule has 0 radical (unpaired) electrons. The minimum Gasteiger partial charge on any atom is -0.459 e. The number of carbonyl (C=O) groups excluding carboxylic acids is 3. The SMILES string of the molecule is CC[C@H]1OC(=O)[C@H](C)[C@@H](O[C@H]2C[C@@](C)(OC)[C@@H](O)[C@H](C)O2)C[C@@H](O[C@@H]2O[C@H](C)C[C@H](N(C)C(=O)c3ccccc3)[C@H]2O)[C@](C)(O)C[C@@H](C)CN(C)[C@H](C)[C@@H](O)[C@]1(C)O.CC[C@H]1OC(=O)[C@H](C)[C@@H](O[C@H]2C[C@@](C)(OC)[C@@H](O)[C@H](C)O2)[C@H](C)[C@@H](O[C@@H]2O[C@H](C)C[C@H](NC)[C@H]2O)[C@](C)(O)C[C@@H](C)CN(C)[C@H](C)[C@@H](O)[C@]1(C)O. The lowest BCUT2D eigenvalue weighted by Gasteiger charge is -2.48. The van der Waals surface area contributed by atoms with E-state index in [1.165, 1.54) is 33.0 Å². The molecule has 7 rings (SSSR count). The van der Waals surface area contributed by atoms with Gasteiger partial charge in [0.05, 0.1) is 89.1 Å². The maximum absolute atomic E-state index is 14.2. The molecule has 109 heavy (non-hydrogen) atoms. The third-order valence-corrected chi connectivity index (χ3v) is 25.0. The van der Waals surface area contributed by atoms with Gasteiger partial charge in [0.1, 0.15) is 60.0 Å². The molecule has 6 fully saturated rings. The number of rotatable bonds is 15. The summed E-state index contributed by atoms with van der Waals surface area (Å²) in [6, 6.07) is 6.64. The largest absolute Gasteiger partial charge is 0.459 e. The van der Waals surface area contributed by atoms with E-state index in [1.54, 1.807) is 121 Å². The molecular weight excluding hydrogens is 1420 g/mol. The van der Waals surface area contributed by atoms with Gasteiger partial charge in [-0.05, 0) is 181 Å². The number of aliphatic hydroxyl groups excluding tert-OH is 6. The van der Waals surface area contributed by atoms with Gasteiger partial charge in [-0.3, -0.25) is 14.4 Å². The highest BCUT2D eigenvalue weighted by Gasteiger charge is 2.56. The van der Waals surface area contributed by atoms with Crippen LogP contribution in [0.1, 0.15) is 200 Å². The number of nitrogens with zero attached hydrogens (tertiary/aromatic N) is 3. The summed E-state index contributed by atoms with van der Waals surface area (Å²) >= 11 is 0. The van der Waals surface area contributed by atoms with Gasteiger partial charge in [-0.2, -0.15) is 0 Å². The molecule has 0 aromatic heterocycles. The van der Waals surface area contributed by atoms with Crippen molar-refractivity contribution >= 4 is 17.8 Å². The average molecular weight is 1560 g/mol. The quantitative estimate of drug-likeness (QED) is 0.108. The van der Waals surface area contributed by atoms with Crippen LogP contribution in [-0.2, 0) is 66.4 Å². The van der Waals surface area contributed by atoms with Gasteiger partial charge in [0.2, 0.25) is 0 Å². The van der Waals surface area contributed by atoms with Crippen LogP contribution in [0.4, 0.5) is 0 Å². The Morgan fingerprint density at radius 3 is 1.47 bits per heavy atom. The summed E-state index contributed by atoms with van der Waals surface area (Å²) in [5.41, 5.74) is -8.42. The van der Waals surface area contributed by atoms with E-state index in [9.17, 15) is 65.4 Å². The maximum atomic E-state index is 14.2. The third-order valence-electron chi connectivity index (χ3n) is 25.0. The Labute approximate surface area is 648 Å². The molecule has 11 N–H and O–H groups in total. The number of methoxy groups -OCH3 is 2. The summed E-state index contributed by atoms with van der Waals surface area (Å²) in [4.78, 5) is 47.2. The first-order chi connectivity index (χ1) is 50.5. The Balaban J connectivity index is 0.000000344. The van der Waals surface area contributed by atoms with E-state index in [0.717, 1.165) is 0 Å². The summed E-state index contributed by atoms with van der Waals surface area (Å²) in [5, 5.41) is 120. The van der Waals surface area contributed by atoms with Crippen LogP contribution in [0.3, 0.4) is 0 Å². The van der Waals surface area contributed by atoms with Gasteiger partial charge in [0.15, 0.2) is 25.2 Å². The molecule has 6 heterocycles. The number of cyclic esters (lactones) is 2. The van der Waals surface area contributed by atoms with Crippen molar-refractivity contribution in [2.75, 3.05) is 55.5 Å². The number of likely N-dealkylation sites (N-methyl/N-ethyl adjacent to an activating group) is 4. The lowest BCUT2D eigenvalue weighted by Crippen LogP contribution is -2.60. The number of ether oxygens (including phenoxy) is 12. The second kappa shape index (κ2) is 39.1. The zero-order valence-electron chi connectivity index (χ0n) is 69.8. The van der Waals surface area contributed by atoms with Gasteiger partial charge in [-0.15, -0.1) is 0 Å². The monoisotopic (exact) mass is 1560 g/mol. The molecule has 0 bridgehead atoms. The van der Waals surface area contributed by atoms with Crippen molar-refractivity contribution in [3.8, 4) is 0 Å². The highest BCUT2D eigenvalue weighted by molar-refractivity contribution is 5.94. The lowest BCUT2D eigenvalue weighted by atomic mass is 9.77. The van der Waals surface area contributed by atoms with Crippen molar-refractivity contribution in [2.24, 2.45) is 29.6 Å². The van der Waals surface area contributed by atoms with Crippen LogP contribution < -0.4 is 5.32 Å². The predicted octanol–water partition coefficient (Wildman–Crippen LogP) is 4.42. The Morgan fingerprint density at radius 2 is 1.01 bits per heavy atom. The van der Waals surface area contributed by atoms with E-state index in [2.05, 4.69) is 5.32 Å². The molecule has 0 saturated carbocycles. The zero-order chi connectivity index (χ0) is 82.3. The van der Waals surface area contributed by atoms with E-state index < -0.39 is 198 Å². The second-order valence-corrected chi connectivity index (χ2v) is 34.5. The molecular formula is C80H142N4O25. The van der Waals surface area contributed by atoms with E-state index in [1.807, 2.05) is 64.6 Å². The molecule has 6 aliphatic rings. The Hall–Kier alpha value is -3.29. The molecule has 0 unspecified atom stereocenters. The van der Waals surface area contributed by atoms with E-state index >= 15 is 0 Å². The fourth-order valence-electron chi connectivity index (χ4n) is 17.5. The lowest BCUT2D eigenvalue weighted by molar-refractivity contribution is -0.316. The van der Waals surface area contributed by atoms with Crippen LogP contribution in [0.2, 0.25) is 0 Å². The molecule has 29 heteroatoms. The highest BCUT2D eigenvalue weighted by Crippen LogP contribution is 2.43. The van der Waals surface area contributed by atoms with Crippen molar-refractivity contribution in [2.45, 2.75) is 370 Å². The first-order valence-electron chi connectivity index (χ1n) is 39.6. The minimum absolute atomic E-state index is 0.0976. The van der Waals surface area contributed by atoms with Crippen LogP contribution in [0, 0.1) is 29.6 Å². The van der Waals surface area contributed by atoms with Crippen LogP contribution in [-0.4, -0.2) is 320 Å². The molecule has 1 amide bonds. The number of benzene rings is 1. The van der Waals surface area contributed by atoms with E-state index in [4.69, 9.17) is 56.8 Å². The number of amides is 1. The summed E-state index contributed by atoms with van der Waals surface area (Å²) in [5.74, 6) is -4.84. The molecule has 6 saturated heterocycles.